The Hall–Kier alpha value is -2.57. The van der Waals surface area contributed by atoms with Crippen LogP contribution < -0.4 is 15.8 Å². The molecular weight excluding hydrogens is 358 g/mol. The molecule has 0 radical (unpaired) electrons. The van der Waals surface area contributed by atoms with Crippen molar-refractivity contribution in [3.8, 4) is 16.2 Å². The van der Waals surface area contributed by atoms with Gasteiger partial charge in [-0.1, -0.05) is 23.7 Å². The van der Waals surface area contributed by atoms with Crippen molar-refractivity contribution in [1.82, 2.24) is 4.98 Å². The fourth-order valence-electron chi connectivity index (χ4n) is 2.71. The summed E-state index contributed by atoms with van der Waals surface area (Å²) in [5.74, 6) is 0.929. The molecule has 1 aliphatic rings. The van der Waals surface area contributed by atoms with E-state index in [0.717, 1.165) is 22.4 Å². The summed E-state index contributed by atoms with van der Waals surface area (Å²) in [5.41, 5.74) is 8.27. The summed E-state index contributed by atoms with van der Waals surface area (Å²) in [6, 6.07) is 10.8. The summed E-state index contributed by atoms with van der Waals surface area (Å²) >= 11 is 7.53. The third kappa shape index (κ3) is 3.06. The molecule has 7 heteroatoms. The van der Waals surface area contributed by atoms with E-state index in [9.17, 15) is 4.79 Å². The number of fused-ring (bicyclic) bond motifs is 3. The lowest BCUT2D eigenvalue weighted by atomic mass is 10.1. The van der Waals surface area contributed by atoms with Crippen LogP contribution in [0.2, 0.25) is 5.02 Å². The van der Waals surface area contributed by atoms with Gasteiger partial charge in [0, 0.05) is 23.6 Å². The number of hydrogen-bond acceptors (Lipinski definition) is 5. The molecule has 1 aromatic carbocycles. The first-order valence-electron chi connectivity index (χ1n) is 7.69. The molecule has 0 saturated heterocycles. The van der Waals surface area contributed by atoms with Crippen LogP contribution in [0.15, 0.2) is 42.6 Å². The van der Waals surface area contributed by atoms with Gasteiger partial charge in [0.25, 0.3) is 5.91 Å². The number of anilines is 2. The van der Waals surface area contributed by atoms with Gasteiger partial charge in [0.05, 0.1) is 27.8 Å². The molecule has 3 heterocycles. The standard InChI is InChI=1S/C18H14ClN3O2S/c19-12-3-1-2-4-13(12)22-18(23)15-7-10-5-6-24-14-8-16(20)21-9-11(14)17(10)25-15/h1-4,7-9H,5-6H2,(H2,20,21)(H,22,23). The van der Waals surface area contributed by atoms with E-state index in [1.807, 2.05) is 18.2 Å². The van der Waals surface area contributed by atoms with Gasteiger partial charge in [0.15, 0.2) is 0 Å². The lowest BCUT2D eigenvalue weighted by Gasteiger charge is -2.07. The van der Waals surface area contributed by atoms with E-state index in [2.05, 4.69) is 10.3 Å². The van der Waals surface area contributed by atoms with Crippen molar-refractivity contribution in [3.05, 3.63) is 58.1 Å². The van der Waals surface area contributed by atoms with E-state index < -0.39 is 0 Å². The molecule has 126 valence electrons. The zero-order valence-corrected chi connectivity index (χ0v) is 14.7. The number of carbonyl (C=O) groups is 1. The summed E-state index contributed by atoms with van der Waals surface area (Å²) in [5, 5.41) is 3.36. The highest BCUT2D eigenvalue weighted by Gasteiger charge is 2.22. The van der Waals surface area contributed by atoms with Gasteiger partial charge in [-0.15, -0.1) is 11.3 Å². The number of carbonyl (C=O) groups excluding carboxylic acids is 1. The fraction of sp³-hybridized carbons (Fsp3) is 0.111. The van der Waals surface area contributed by atoms with Crippen molar-refractivity contribution in [3.63, 3.8) is 0 Å². The maximum absolute atomic E-state index is 12.6. The predicted octanol–water partition coefficient (Wildman–Crippen LogP) is 4.23. The first-order chi connectivity index (χ1) is 12.1. The van der Waals surface area contributed by atoms with E-state index in [4.69, 9.17) is 22.1 Å². The second kappa shape index (κ2) is 6.38. The average Bonchev–Trinajstić information content (AvgIpc) is 2.94. The lowest BCUT2D eigenvalue weighted by Crippen LogP contribution is -2.10. The molecule has 0 atom stereocenters. The Morgan fingerprint density at radius 3 is 3.00 bits per heavy atom. The Balaban J connectivity index is 1.69. The largest absolute Gasteiger partial charge is 0.492 e. The number of hydrogen-bond donors (Lipinski definition) is 2. The smallest absolute Gasteiger partial charge is 0.265 e. The number of pyridine rings is 1. The number of rotatable bonds is 2. The highest BCUT2D eigenvalue weighted by Crippen LogP contribution is 2.41. The number of aromatic nitrogens is 1. The number of nitrogens with two attached hydrogens (primary N) is 1. The maximum Gasteiger partial charge on any atom is 0.265 e. The summed E-state index contributed by atoms with van der Waals surface area (Å²) in [6.07, 6.45) is 2.42. The highest BCUT2D eigenvalue weighted by atomic mass is 35.5. The van der Waals surface area contributed by atoms with E-state index in [1.54, 1.807) is 24.4 Å². The summed E-state index contributed by atoms with van der Waals surface area (Å²) in [4.78, 5) is 18.4. The number of nitrogens with one attached hydrogen (secondary N) is 1. The van der Waals surface area contributed by atoms with Gasteiger partial charge in [-0.2, -0.15) is 0 Å². The molecule has 0 saturated carbocycles. The van der Waals surface area contributed by atoms with Crippen LogP contribution in [-0.2, 0) is 6.42 Å². The van der Waals surface area contributed by atoms with Crippen molar-refractivity contribution in [2.75, 3.05) is 17.7 Å². The highest BCUT2D eigenvalue weighted by molar-refractivity contribution is 7.17. The predicted molar refractivity (Wildman–Crippen MR) is 101 cm³/mol. The van der Waals surface area contributed by atoms with Crippen LogP contribution >= 0.6 is 22.9 Å². The zero-order chi connectivity index (χ0) is 17.4. The number of ether oxygens (including phenoxy) is 1. The van der Waals surface area contributed by atoms with Crippen LogP contribution in [-0.4, -0.2) is 17.5 Å². The molecule has 3 N–H and O–H groups in total. The van der Waals surface area contributed by atoms with Gasteiger partial charge < -0.3 is 15.8 Å². The molecule has 0 unspecified atom stereocenters. The van der Waals surface area contributed by atoms with Gasteiger partial charge in [0.1, 0.15) is 11.6 Å². The molecule has 0 bridgehead atoms. The molecular formula is C18H14ClN3O2S. The van der Waals surface area contributed by atoms with E-state index in [-0.39, 0.29) is 5.91 Å². The van der Waals surface area contributed by atoms with E-state index >= 15 is 0 Å². The number of thiophene rings is 1. The molecule has 4 rings (SSSR count). The van der Waals surface area contributed by atoms with Gasteiger partial charge >= 0.3 is 0 Å². The average molecular weight is 372 g/mol. The third-order valence-electron chi connectivity index (χ3n) is 3.92. The van der Waals surface area contributed by atoms with Crippen molar-refractivity contribution < 1.29 is 9.53 Å². The van der Waals surface area contributed by atoms with Gasteiger partial charge in [-0.3, -0.25) is 4.79 Å². The summed E-state index contributed by atoms with van der Waals surface area (Å²) in [6.45, 7) is 0.533. The summed E-state index contributed by atoms with van der Waals surface area (Å²) < 4.78 is 5.75. The topological polar surface area (TPSA) is 77.2 Å². The molecule has 25 heavy (non-hydrogen) atoms. The first kappa shape index (κ1) is 15.9. The first-order valence-corrected chi connectivity index (χ1v) is 8.88. The normalized spacial score (nSPS) is 12.5. The van der Waals surface area contributed by atoms with Gasteiger partial charge in [-0.05, 0) is 23.8 Å². The Kier molecular flexibility index (Phi) is 4.07. The number of nitrogen functional groups attached to an aromatic ring is 1. The van der Waals surface area contributed by atoms with Crippen LogP contribution in [0.4, 0.5) is 11.5 Å². The minimum Gasteiger partial charge on any atom is -0.492 e. The number of nitrogens with zero attached hydrogens (tertiary/aromatic N) is 1. The molecule has 0 spiro atoms. The molecule has 5 nitrogen and oxygen atoms in total. The van der Waals surface area contributed by atoms with E-state index in [0.29, 0.717) is 33.8 Å². The quantitative estimate of drug-likeness (QED) is 0.706. The van der Waals surface area contributed by atoms with E-state index in [1.165, 1.54) is 11.3 Å². The molecule has 1 amide bonds. The molecule has 2 aromatic heterocycles. The molecule has 0 aliphatic carbocycles. The fourth-order valence-corrected chi connectivity index (χ4v) is 4.02. The van der Waals surface area contributed by atoms with Crippen LogP contribution in [0.5, 0.6) is 5.75 Å². The maximum atomic E-state index is 12.6. The number of para-hydroxylation sites is 1. The lowest BCUT2D eigenvalue weighted by molar-refractivity contribution is 0.103. The SMILES string of the molecule is Nc1cc2c(cn1)-c1sc(C(=O)Nc3ccccc3Cl)cc1CCO2. The minimum atomic E-state index is -0.183. The summed E-state index contributed by atoms with van der Waals surface area (Å²) in [7, 11) is 0. The molecule has 3 aromatic rings. The minimum absolute atomic E-state index is 0.183. The van der Waals surface area contributed by atoms with Gasteiger partial charge in [0.2, 0.25) is 0 Å². The number of amides is 1. The van der Waals surface area contributed by atoms with Crippen molar-refractivity contribution in [2.24, 2.45) is 0 Å². The number of halogens is 1. The van der Waals surface area contributed by atoms with Crippen LogP contribution in [0.25, 0.3) is 10.4 Å². The van der Waals surface area contributed by atoms with Crippen molar-refractivity contribution >= 4 is 40.4 Å². The van der Waals surface area contributed by atoms with Crippen LogP contribution in [0.3, 0.4) is 0 Å². The Morgan fingerprint density at radius 2 is 2.16 bits per heavy atom. The second-order valence-electron chi connectivity index (χ2n) is 5.60. The molecule has 0 fully saturated rings. The van der Waals surface area contributed by atoms with Crippen molar-refractivity contribution in [1.29, 1.82) is 0 Å². The zero-order valence-electron chi connectivity index (χ0n) is 13.1. The van der Waals surface area contributed by atoms with Crippen molar-refractivity contribution in [2.45, 2.75) is 6.42 Å². The van der Waals surface area contributed by atoms with Gasteiger partial charge in [-0.25, -0.2) is 4.98 Å². The monoisotopic (exact) mass is 371 g/mol. The number of benzene rings is 1. The van der Waals surface area contributed by atoms with Crippen LogP contribution in [0.1, 0.15) is 15.2 Å². The molecule has 1 aliphatic heterocycles. The third-order valence-corrected chi connectivity index (χ3v) is 5.45. The Labute approximate surface area is 153 Å². The second-order valence-corrected chi connectivity index (χ2v) is 7.06. The van der Waals surface area contributed by atoms with Crippen LogP contribution in [0, 0.1) is 0 Å². The Morgan fingerprint density at radius 1 is 1.32 bits per heavy atom. The Bertz CT molecular complexity index is 971.